The zero-order valence-corrected chi connectivity index (χ0v) is 10.1. The number of aromatic amines is 1. The fourth-order valence-electron chi connectivity index (χ4n) is 1.55. The lowest BCUT2D eigenvalue weighted by molar-refractivity contribution is -0.156. The number of hydrogen-bond donors (Lipinski definition) is 4. The Morgan fingerprint density at radius 3 is 2.68 bits per heavy atom. The van der Waals surface area contributed by atoms with Gasteiger partial charge in [0, 0.05) is 19.4 Å². The maximum atomic E-state index is 11.6. The van der Waals surface area contributed by atoms with Crippen LogP contribution >= 0.6 is 0 Å². The second kappa shape index (κ2) is 5.81. The van der Waals surface area contributed by atoms with Gasteiger partial charge in [-0.05, 0) is 5.92 Å². The highest BCUT2D eigenvalue weighted by atomic mass is 16.5. The molecule has 8 heteroatoms. The largest absolute Gasteiger partial charge is 0.394 e. The molecule has 0 aliphatic carbocycles. The van der Waals surface area contributed by atoms with Crippen LogP contribution < -0.4 is 11.2 Å². The average Bonchev–Trinajstić information content (AvgIpc) is 2.39. The molecule has 0 spiro atoms. The lowest BCUT2D eigenvalue weighted by atomic mass is 10.0. The van der Waals surface area contributed by atoms with E-state index >= 15 is 0 Å². The van der Waals surface area contributed by atoms with Crippen molar-refractivity contribution >= 4 is 0 Å². The molecule has 1 aromatic heterocycles. The molecule has 0 aliphatic rings. The molecule has 0 saturated carbocycles. The van der Waals surface area contributed by atoms with Crippen molar-refractivity contribution in [3.8, 4) is 12.3 Å². The van der Waals surface area contributed by atoms with Crippen LogP contribution in [0.25, 0.3) is 0 Å². The van der Waals surface area contributed by atoms with E-state index in [1.165, 1.54) is 7.11 Å². The van der Waals surface area contributed by atoms with Crippen LogP contribution in [0.3, 0.4) is 0 Å². The number of nitrogens with zero attached hydrogens (tertiary/aromatic N) is 1. The number of H-pyrrole nitrogens is 1. The quantitative estimate of drug-likeness (QED) is 0.428. The Bertz CT molecular complexity index is 582. The monoisotopic (exact) mass is 270 g/mol. The highest BCUT2D eigenvalue weighted by Crippen LogP contribution is 2.18. The standard InChI is InChI=1S/C11H14N2O6/c1-3-11(18,9(16)7(6-14)19-2)13-5-4-8(15)12-10(13)17/h1,4-5,7,9,14,16,18H,6H2,2H3,(H,12,15,17)/t7-,9-,11+/m1/s1. The second-order valence-electron chi connectivity index (χ2n) is 3.75. The van der Waals surface area contributed by atoms with Crippen LogP contribution in [0.2, 0.25) is 0 Å². The lowest BCUT2D eigenvalue weighted by Crippen LogP contribution is -2.55. The van der Waals surface area contributed by atoms with Gasteiger partial charge in [0.25, 0.3) is 5.56 Å². The summed E-state index contributed by atoms with van der Waals surface area (Å²) < 4.78 is 5.32. The van der Waals surface area contributed by atoms with Gasteiger partial charge in [0.05, 0.1) is 6.61 Å². The van der Waals surface area contributed by atoms with Crippen molar-refractivity contribution < 1.29 is 20.1 Å². The molecule has 0 aromatic carbocycles. The summed E-state index contributed by atoms with van der Waals surface area (Å²) in [4.78, 5) is 24.4. The van der Waals surface area contributed by atoms with Gasteiger partial charge >= 0.3 is 5.69 Å². The van der Waals surface area contributed by atoms with Crippen molar-refractivity contribution in [1.29, 1.82) is 0 Å². The Kier molecular flexibility index (Phi) is 4.63. The van der Waals surface area contributed by atoms with Crippen molar-refractivity contribution in [2.75, 3.05) is 13.7 Å². The number of terminal acetylenes is 1. The summed E-state index contributed by atoms with van der Waals surface area (Å²) in [6.45, 7) is -0.625. The molecule has 8 nitrogen and oxygen atoms in total. The Morgan fingerprint density at radius 1 is 1.63 bits per heavy atom. The van der Waals surface area contributed by atoms with Gasteiger partial charge in [0.15, 0.2) is 0 Å². The molecule has 1 rings (SSSR count). The molecule has 0 fully saturated rings. The molecule has 0 radical (unpaired) electrons. The van der Waals surface area contributed by atoms with Gasteiger partial charge in [-0.15, -0.1) is 6.42 Å². The number of rotatable bonds is 5. The van der Waals surface area contributed by atoms with Crippen molar-refractivity contribution in [1.82, 2.24) is 9.55 Å². The van der Waals surface area contributed by atoms with E-state index in [9.17, 15) is 19.8 Å². The molecular formula is C11H14N2O6. The molecule has 1 aromatic rings. The third-order valence-electron chi connectivity index (χ3n) is 2.65. The third kappa shape index (κ3) is 2.74. The van der Waals surface area contributed by atoms with Gasteiger partial charge in [-0.1, -0.05) is 0 Å². The van der Waals surface area contributed by atoms with E-state index in [-0.39, 0.29) is 0 Å². The van der Waals surface area contributed by atoms with Gasteiger partial charge in [-0.25, -0.2) is 4.79 Å². The van der Waals surface area contributed by atoms with Gasteiger partial charge in [-0.3, -0.25) is 14.3 Å². The first kappa shape index (κ1) is 15.1. The molecule has 3 atom stereocenters. The number of nitrogens with one attached hydrogen (secondary N) is 1. The number of aliphatic hydroxyl groups excluding tert-OH is 2. The van der Waals surface area contributed by atoms with Crippen molar-refractivity contribution in [2.45, 2.75) is 17.9 Å². The molecule has 0 amide bonds. The van der Waals surface area contributed by atoms with Crippen molar-refractivity contribution in [3.05, 3.63) is 33.1 Å². The van der Waals surface area contributed by atoms with E-state index in [0.29, 0.717) is 4.57 Å². The molecule has 0 unspecified atom stereocenters. The van der Waals surface area contributed by atoms with E-state index in [0.717, 1.165) is 12.3 Å². The first-order valence-corrected chi connectivity index (χ1v) is 5.25. The van der Waals surface area contributed by atoms with Gasteiger partial charge in [-0.2, -0.15) is 0 Å². The topological polar surface area (TPSA) is 125 Å². The number of ether oxygens (including phenoxy) is 1. The fraction of sp³-hybridized carbons (Fsp3) is 0.455. The van der Waals surface area contributed by atoms with Crippen molar-refractivity contribution in [2.24, 2.45) is 0 Å². The van der Waals surface area contributed by atoms with Crippen LogP contribution in [-0.2, 0) is 10.5 Å². The molecule has 0 saturated heterocycles. The van der Waals surface area contributed by atoms with Gasteiger partial charge < -0.3 is 20.1 Å². The number of methoxy groups -OCH3 is 1. The number of aromatic nitrogens is 2. The van der Waals surface area contributed by atoms with E-state index in [1.54, 1.807) is 0 Å². The Balaban J connectivity index is 3.35. The van der Waals surface area contributed by atoms with Crippen LogP contribution in [0.15, 0.2) is 21.9 Å². The summed E-state index contributed by atoms with van der Waals surface area (Å²) in [6, 6.07) is 0.956. The Hall–Kier alpha value is -1.92. The van der Waals surface area contributed by atoms with Crippen LogP contribution in [0.5, 0.6) is 0 Å². The second-order valence-corrected chi connectivity index (χ2v) is 3.75. The van der Waals surface area contributed by atoms with Crippen LogP contribution in [-0.4, -0.2) is 50.8 Å². The Labute approximate surface area is 107 Å². The minimum Gasteiger partial charge on any atom is -0.394 e. The smallest absolute Gasteiger partial charge is 0.331 e. The summed E-state index contributed by atoms with van der Waals surface area (Å²) in [5.74, 6) is 1.86. The zero-order chi connectivity index (χ0) is 14.6. The predicted octanol–water partition coefficient (Wildman–Crippen LogP) is -2.82. The third-order valence-corrected chi connectivity index (χ3v) is 2.65. The fourth-order valence-corrected chi connectivity index (χ4v) is 1.55. The molecule has 4 N–H and O–H groups in total. The average molecular weight is 270 g/mol. The van der Waals surface area contributed by atoms with Crippen molar-refractivity contribution in [3.63, 3.8) is 0 Å². The summed E-state index contributed by atoms with van der Waals surface area (Å²) in [6.07, 6.45) is 3.09. The number of aliphatic hydroxyl groups is 3. The maximum Gasteiger partial charge on any atom is 0.331 e. The number of hydrogen-bond acceptors (Lipinski definition) is 6. The van der Waals surface area contributed by atoms with E-state index < -0.39 is 35.8 Å². The summed E-state index contributed by atoms with van der Waals surface area (Å²) in [5, 5.41) is 29.2. The first-order valence-electron chi connectivity index (χ1n) is 5.25. The van der Waals surface area contributed by atoms with Crippen LogP contribution in [0.4, 0.5) is 0 Å². The Morgan fingerprint density at radius 2 is 2.26 bits per heavy atom. The summed E-state index contributed by atoms with van der Waals surface area (Å²) in [7, 11) is 1.19. The highest BCUT2D eigenvalue weighted by Gasteiger charge is 2.42. The summed E-state index contributed by atoms with van der Waals surface area (Å²) in [5.41, 5.74) is -4.15. The van der Waals surface area contributed by atoms with Crippen LogP contribution in [0.1, 0.15) is 0 Å². The minimum absolute atomic E-state index is 0.570. The zero-order valence-electron chi connectivity index (χ0n) is 10.1. The van der Waals surface area contributed by atoms with E-state index in [2.05, 4.69) is 0 Å². The van der Waals surface area contributed by atoms with Crippen LogP contribution in [0, 0.1) is 12.3 Å². The molecular weight excluding hydrogens is 256 g/mol. The molecule has 0 bridgehead atoms. The van der Waals surface area contributed by atoms with Gasteiger partial charge in [0.2, 0.25) is 5.72 Å². The maximum absolute atomic E-state index is 11.6. The first-order chi connectivity index (χ1) is 8.90. The lowest BCUT2D eigenvalue weighted by Gasteiger charge is -2.32. The molecule has 104 valence electrons. The van der Waals surface area contributed by atoms with Gasteiger partial charge in [0.1, 0.15) is 12.2 Å². The predicted molar refractivity (Wildman–Crippen MR) is 64.2 cm³/mol. The molecule has 0 aliphatic heterocycles. The van der Waals surface area contributed by atoms with E-state index in [1.807, 2.05) is 10.9 Å². The summed E-state index contributed by atoms with van der Waals surface area (Å²) >= 11 is 0. The highest BCUT2D eigenvalue weighted by molar-refractivity contribution is 5.10. The van der Waals surface area contributed by atoms with E-state index in [4.69, 9.17) is 16.3 Å². The SMILES string of the molecule is C#C[C@](O)([C@H](O)[C@@H](CO)OC)n1ccc(=O)[nH]c1=O. The minimum atomic E-state index is -2.47. The molecule has 19 heavy (non-hydrogen) atoms. The molecule has 1 heterocycles. The normalized spacial score (nSPS) is 17.2.